The standard InChI is InChI=1S/C24H19FN2O4S/c1-15-11-20(24(29)30-2)23(32-15)27-22(28)18(13-26)12-16-7-9-19(10-8-16)31-14-17-5-3-4-6-21(17)25/h3-12H,14H2,1-2H3,(H,27,28)/b18-12+. The highest BCUT2D eigenvalue weighted by Gasteiger charge is 2.19. The molecule has 0 bridgehead atoms. The molecule has 8 heteroatoms. The molecule has 3 rings (SSSR count). The number of halogens is 1. The third-order valence-electron chi connectivity index (χ3n) is 4.40. The Kier molecular flexibility index (Phi) is 7.37. The number of esters is 1. The number of hydrogen-bond acceptors (Lipinski definition) is 6. The zero-order valence-corrected chi connectivity index (χ0v) is 18.2. The van der Waals surface area contributed by atoms with E-state index in [0.29, 0.717) is 21.9 Å². The van der Waals surface area contributed by atoms with Gasteiger partial charge in [-0.2, -0.15) is 5.26 Å². The molecule has 0 atom stereocenters. The van der Waals surface area contributed by atoms with Crippen molar-refractivity contribution in [1.82, 2.24) is 0 Å². The second-order valence-electron chi connectivity index (χ2n) is 6.66. The fourth-order valence-electron chi connectivity index (χ4n) is 2.79. The first-order chi connectivity index (χ1) is 15.4. The maximum absolute atomic E-state index is 13.7. The van der Waals surface area contributed by atoms with Crippen LogP contribution in [0.1, 0.15) is 26.4 Å². The zero-order valence-electron chi connectivity index (χ0n) is 17.3. The molecule has 0 saturated carbocycles. The highest BCUT2D eigenvalue weighted by Crippen LogP contribution is 2.28. The van der Waals surface area contributed by atoms with Crippen LogP contribution in [0.4, 0.5) is 9.39 Å². The predicted octanol–water partition coefficient (Wildman–Crippen LogP) is 5.11. The minimum atomic E-state index is -0.639. The highest BCUT2D eigenvalue weighted by atomic mass is 32.1. The Morgan fingerprint density at radius 3 is 2.56 bits per heavy atom. The molecule has 0 aliphatic carbocycles. The summed E-state index contributed by atoms with van der Waals surface area (Å²) in [4.78, 5) is 25.3. The van der Waals surface area contributed by atoms with E-state index in [0.717, 1.165) is 4.88 Å². The lowest BCUT2D eigenvalue weighted by atomic mass is 10.1. The third-order valence-corrected chi connectivity index (χ3v) is 5.36. The first-order valence-corrected chi connectivity index (χ1v) is 10.3. The summed E-state index contributed by atoms with van der Waals surface area (Å²) in [5.41, 5.74) is 1.14. The van der Waals surface area contributed by atoms with Crippen LogP contribution in [0.5, 0.6) is 5.75 Å². The Bertz CT molecular complexity index is 1210. The summed E-state index contributed by atoms with van der Waals surface area (Å²) in [6.45, 7) is 1.88. The molecule has 0 saturated heterocycles. The first-order valence-electron chi connectivity index (χ1n) is 9.49. The molecule has 1 N–H and O–H groups in total. The van der Waals surface area contributed by atoms with Crippen molar-refractivity contribution in [2.45, 2.75) is 13.5 Å². The number of anilines is 1. The molecule has 32 heavy (non-hydrogen) atoms. The van der Waals surface area contributed by atoms with Gasteiger partial charge in [0.05, 0.1) is 12.7 Å². The monoisotopic (exact) mass is 450 g/mol. The van der Waals surface area contributed by atoms with E-state index in [-0.39, 0.29) is 23.6 Å². The van der Waals surface area contributed by atoms with Gasteiger partial charge < -0.3 is 14.8 Å². The van der Waals surface area contributed by atoms with Crippen molar-refractivity contribution in [3.05, 3.63) is 87.6 Å². The SMILES string of the molecule is COC(=O)c1cc(C)sc1NC(=O)/C(C#N)=C/c1ccc(OCc2ccccc2F)cc1. The number of rotatable bonds is 7. The molecule has 1 aromatic heterocycles. The van der Waals surface area contributed by atoms with Gasteiger partial charge in [-0.05, 0) is 42.8 Å². The molecule has 162 valence electrons. The van der Waals surface area contributed by atoms with Gasteiger partial charge >= 0.3 is 5.97 Å². The average Bonchev–Trinajstić information content (AvgIpc) is 3.16. The molecule has 1 amide bonds. The number of nitrogens with zero attached hydrogens (tertiary/aromatic N) is 1. The normalized spacial score (nSPS) is 10.9. The number of nitriles is 1. The quantitative estimate of drug-likeness (QED) is 0.307. The van der Waals surface area contributed by atoms with Crippen molar-refractivity contribution >= 4 is 34.3 Å². The Morgan fingerprint density at radius 1 is 1.19 bits per heavy atom. The lowest BCUT2D eigenvalue weighted by Crippen LogP contribution is -2.15. The average molecular weight is 450 g/mol. The minimum absolute atomic E-state index is 0.0798. The van der Waals surface area contributed by atoms with Crippen LogP contribution in [0.15, 0.2) is 60.2 Å². The van der Waals surface area contributed by atoms with E-state index in [4.69, 9.17) is 9.47 Å². The molecule has 0 radical (unpaired) electrons. The van der Waals surface area contributed by atoms with Gasteiger partial charge in [0.2, 0.25) is 0 Å². The Hall–Kier alpha value is -3.96. The van der Waals surface area contributed by atoms with E-state index in [9.17, 15) is 19.2 Å². The van der Waals surface area contributed by atoms with Crippen LogP contribution in [0.2, 0.25) is 0 Å². The summed E-state index contributed by atoms with van der Waals surface area (Å²) < 4.78 is 24.0. The second kappa shape index (κ2) is 10.4. The van der Waals surface area contributed by atoms with Crippen LogP contribution in [0, 0.1) is 24.1 Å². The maximum Gasteiger partial charge on any atom is 0.340 e. The molecular formula is C24H19FN2O4S. The molecule has 1 heterocycles. The summed E-state index contributed by atoms with van der Waals surface area (Å²) in [5, 5.41) is 12.3. The maximum atomic E-state index is 13.7. The number of aryl methyl sites for hydroxylation is 1. The Labute approximate surface area is 188 Å². The molecule has 0 spiro atoms. The van der Waals surface area contributed by atoms with Crippen molar-refractivity contribution in [3.8, 4) is 11.8 Å². The number of nitrogens with one attached hydrogen (secondary N) is 1. The van der Waals surface area contributed by atoms with Crippen LogP contribution >= 0.6 is 11.3 Å². The minimum Gasteiger partial charge on any atom is -0.489 e. The molecule has 0 unspecified atom stereocenters. The lowest BCUT2D eigenvalue weighted by molar-refractivity contribution is -0.112. The van der Waals surface area contributed by atoms with Gasteiger partial charge in [-0.25, -0.2) is 9.18 Å². The zero-order chi connectivity index (χ0) is 23.1. The number of amides is 1. The summed E-state index contributed by atoms with van der Waals surface area (Å²) >= 11 is 1.21. The van der Waals surface area contributed by atoms with E-state index in [1.165, 1.54) is 30.6 Å². The summed E-state index contributed by atoms with van der Waals surface area (Å²) in [6.07, 6.45) is 1.42. The van der Waals surface area contributed by atoms with Crippen LogP contribution in [-0.4, -0.2) is 19.0 Å². The van der Waals surface area contributed by atoms with Crippen LogP contribution in [-0.2, 0) is 16.1 Å². The van der Waals surface area contributed by atoms with Crippen molar-refractivity contribution in [2.75, 3.05) is 12.4 Å². The first kappa shape index (κ1) is 22.7. The number of benzene rings is 2. The van der Waals surface area contributed by atoms with Gasteiger partial charge in [-0.3, -0.25) is 4.79 Å². The van der Waals surface area contributed by atoms with Gasteiger partial charge in [-0.15, -0.1) is 11.3 Å². The molecular weight excluding hydrogens is 431 g/mol. The predicted molar refractivity (Wildman–Crippen MR) is 120 cm³/mol. The molecule has 0 aliphatic heterocycles. The smallest absolute Gasteiger partial charge is 0.340 e. The second-order valence-corrected chi connectivity index (χ2v) is 7.92. The third kappa shape index (κ3) is 5.59. The Balaban J connectivity index is 1.70. The number of carbonyl (C=O) groups excluding carboxylic acids is 2. The van der Waals surface area contributed by atoms with Crippen LogP contribution in [0.3, 0.4) is 0 Å². The van der Waals surface area contributed by atoms with E-state index in [1.54, 1.807) is 55.5 Å². The number of carbonyl (C=O) groups is 2. The number of hydrogen-bond donors (Lipinski definition) is 1. The number of thiophene rings is 1. The van der Waals surface area contributed by atoms with Crippen LogP contribution < -0.4 is 10.1 Å². The largest absolute Gasteiger partial charge is 0.489 e. The fourth-order valence-corrected chi connectivity index (χ4v) is 3.69. The van der Waals surface area contributed by atoms with E-state index in [1.807, 2.05) is 6.07 Å². The van der Waals surface area contributed by atoms with Crippen molar-refractivity contribution in [2.24, 2.45) is 0 Å². The number of methoxy groups -OCH3 is 1. The number of ether oxygens (including phenoxy) is 2. The fraction of sp³-hybridized carbons (Fsp3) is 0.125. The van der Waals surface area contributed by atoms with Crippen molar-refractivity contribution < 1.29 is 23.5 Å². The van der Waals surface area contributed by atoms with Gasteiger partial charge in [-0.1, -0.05) is 30.3 Å². The molecule has 2 aromatic carbocycles. The van der Waals surface area contributed by atoms with Crippen LogP contribution in [0.25, 0.3) is 6.08 Å². The van der Waals surface area contributed by atoms with E-state index >= 15 is 0 Å². The van der Waals surface area contributed by atoms with E-state index < -0.39 is 11.9 Å². The Morgan fingerprint density at radius 2 is 1.91 bits per heavy atom. The summed E-state index contributed by atoms with van der Waals surface area (Å²) in [5.74, 6) is -1.03. The lowest BCUT2D eigenvalue weighted by Gasteiger charge is -2.07. The molecule has 0 aliphatic rings. The molecule has 6 nitrogen and oxygen atoms in total. The van der Waals surface area contributed by atoms with Gasteiger partial charge in [0.1, 0.15) is 34.8 Å². The summed E-state index contributed by atoms with van der Waals surface area (Å²) in [7, 11) is 1.26. The topological polar surface area (TPSA) is 88.4 Å². The van der Waals surface area contributed by atoms with Crippen molar-refractivity contribution in [3.63, 3.8) is 0 Å². The molecule has 3 aromatic rings. The van der Waals surface area contributed by atoms with E-state index in [2.05, 4.69) is 5.32 Å². The highest BCUT2D eigenvalue weighted by molar-refractivity contribution is 7.16. The van der Waals surface area contributed by atoms with Crippen molar-refractivity contribution in [1.29, 1.82) is 5.26 Å². The van der Waals surface area contributed by atoms with Gasteiger partial charge in [0, 0.05) is 10.4 Å². The van der Waals surface area contributed by atoms with Gasteiger partial charge in [0.15, 0.2) is 0 Å². The molecule has 0 fully saturated rings. The summed E-state index contributed by atoms with van der Waals surface area (Å²) in [6, 6.07) is 16.5. The van der Waals surface area contributed by atoms with Gasteiger partial charge in [0.25, 0.3) is 5.91 Å².